The molecule has 0 saturated heterocycles. The zero-order valence-corrected chi connectivity index (χ0v) is 15.1. The van der Waals surface area contributed by atoms with Crippen molar-refractivity contribution < 1.29 is 13.9 Å². The Labute approximate surface area is 126 Å². The Kier molecular flexibility index (Phi) is 8.59. The highest BCUT2D eigenvalue weighted by atomic mass is 28.4. The van der Waals surface area contributed by atoms with Gasteiger partial charge < -0.3 is 13.9 Å². The zero-order chi connectivity index (χ0) is 15.8. The first kappa shape index (κ1) is 19.6. The number of allylic oxidation sites excluding steroid dienone is 1. The summed E-state index contributed by atoms with van der Waals surface area (Å²) < 4.78 is 17.2. The second-order valence-corrected chi connectivity index (χ2v) is 11.3. The van der Waals surface area contributed by atoms with Crippen LogP contribution in [0.3, 0.4) is 0 Å². The Morgan fingerprint density at radius 1 is 1.20 bits per heavy atom. The lowest BCUT2D eigenvalue weighted by Gasteiger charge is -2.40. The molecule has 0 aliphatic heterocycles. The van der Waals surface area contributed by atoms with Gasteiger partial charge in [0, 0.05) is 7.11 Å². The van der Waals surface area contributed by atoms with Gasteiger partial charge in [0.25, 0.3) is 0 Å². The summed E-state index contributed by atoms with van der Waals surface area (Å²) in [5.74, 6) is 0. The van der Waals surface area contributed by atoms with E-state index in [0.29, 0.717) is 0 Å². The monoisotopic (exact) mass is 300 g/mol. The van der Waals surface area contributed by atoms with Crippen LogP contribution >= 0.6 is 0 Å². The lowest BCUT2D eigenvalue weighted by atomic mass is 10.1. The normalized spacial score (nSPS) is 15.7. The van der Waals surface area contributed by atoms with E-state index < -0.39 is 8.32 Å². The molecule has 0 fully saturated rings. The Morgan fingerprint density at radius 3 is 2.20 bits per heavy atom. The van der Waals surface area contributed by atoms with Crippen LogP contribution in [0.4, 0.5) is 0 Å². The fourth-order valence-corrected chi connectivity index (χ4v) is 2.85. The maximum Gasteiger partial charge on any atom is 0.193 e. The molecular formula is C16H32O3Si. The van der Waals surface area contributed by atoms with Crippen LogP contribution in [0.25, 0.3) is 0 Å². The molecular weight excluding hydrogens is 268 g/mol. The molecule has 0 heterocycles. The molecule has 0 bridgehead atoms. The lowest BCUT2D eigenvalue weighted by molar-refractivity contribution is -0.101. The van der Waals surface area contributed by atoms with E-state index in [1.54, 1.807) is 7.11 Å². The molecule has 0 aliphatic rings. The number of ether oxygens (including phenoxy) is 2. The van der Waals surface area contributed by atoms with Crippen molar-refractivity contribution in [2.75, 3.05) is 13.9 Å². The van der Waals surface area contributed by atoms with Crippen LogP contribution in [-0.4, -0.2) is 34.4 Å². The minimum Gasteiger partial charge on any atom is -0.408 e. The molecule has 0 aromatic rings. The van der Waals surface area contributed by atoms with Crippen LogP contribution in [0.2, 0.25) is 18.1 Å². The molecule has 0 aliphatic carbocycles. The number of hydrogen-bond acceptors (Lipinski definition) is 3. The van der Waals surface area contributed by atoms with Crippen molar-refractivity contribution in [3.05, 3.63) is 25.3 Å². The summed E-state index contributed by atoms with van der Waals surface area (Å²) in [7, 11) is -0.221. The molecule has 0 aromatic carbocycles. The van der Waals surface area contributed by atoms with Gasteiger partial charge in [-0.15, -0.1) is 13.2 Å². The highest BCUT2D eigenvalue weighted by molar-refractivity contribution is 6.74. The quantitative estimate of drug-likeness (QED) is 0.337. The maximum absolute atomic E-state index is 6.41. The fourth-order valence-electron chi connectivity index (χ4n) is 1.57. The van der Waals surface area contributed by atoms with Crippen molar-refractivity contribution in [1.29, 1.82) is 0 Å². The van der Waals surface area contributed by atoms with Crippen molar-refractivity contribution in [3.63, 3.8) is 0 Å². The van der Waals surface area contributed by atoms with E-state index in [0.717, 1.165) is 12.8 Å². The molecule has 0 N–H and O–H groups in total. The Hall–Kier alpha value is -0.423. The summed E-state index contributed by atoms with van der Waals surface area (Å²) >= 11 is 0. The highest BCUT2D eigenvalue weighted by Crippen LogP contribution is 2.38. The van der Waals surface area contributed by atoms with Crippen molar-refractivity contribution in [3.8, 4) is 0 Å². The zero-order valence-electron chi connectivity index (χ0n) is 14.1. The van der Waals surface area contributed by atoms with E-state index in [1.165, 1.54) is 0 Å². The summed E-state index contributed by atoms with van der Waals surface area (Å²) in [5, 5.41) is 0.165. The van der Waals surface area contributed by atoms with Crippen molar-refractivity contribution >= 4 is 8.32 Å². The fraction of sp³-hybridized carbons (Fsp3) is 0.750. The second kappa shape index (κ2) is 8.77. The molecule has 0 saturated carbocycles. The molecule has 2 atom stereocenters. The van der Waals surface area contributed by atoms with E-state index in [4.69, 9.17) is 13.9 Å². The van der Waals surface area contributed by atoms with Gasteiger partial charge in [-0.25, -0.2) is 0 Å². The van der Waals surface area contributed by atoms with Crippen LogP contribution in [-0.2, 0) is 13.9 Å². The SMILES string of the molecule is C=CCC[C@@H](OCOC)[C@H](C=C)O[Si](C)(C)C(C)(C)C. The van der Waals surface area contributed by atoms with Gasteiger partial charge >= 0.3 is 0 Å². The van der Waals surface area contributed by atoms with Crippen molar-refractivity contribution in [2.24, 2.45) is 0 Å². The number of methoxy groups -OCH3 is 1. The third-order valence-corrected chi connectivity index (χ3v) is 8.36. The third-order valence-electron chi connectivity index (χ3n) is 3.89. The molecule has 118 valence electrons. The van der Waals surface area contributed by atoms with Gasteiger partial charge in [0.05, 0.1) is 12.2 Å². The first-order valence-electron chi connectivity index (χ1n) is 7.21. The maximum atomic E-state index is 6.41. The van der Waals surface area contributed by atoms with E-state index in [1.807, 2.05) is 12.2 Å². The van der Waals surface area contributed by atoms with Crippen molar-refractivity contribution in [1.82, 2.24) is 0 Å². The average Bonchev–Trinajstić information content (AvgIpc) is 2.35. The third kappa shape index (κ3) is 6.35. The number of hydrogen-bond donors (Lipinski definition) is 0. The molecule has 0 amide bonds. The van der Waals surface area contributed by atoms with Crippen LogP contribution in [0.1, 0.15) is 33.6 Å². The van der Waals surface area contributed by atoms with Crippen molar-refractivity contribution in [2.45, 2.75) is 64.0 Å². The molecule has 0 spiro atoms. The average molecular weight is 301 g/mol. The Morgan fingerprint density at radius 2 is 1.80 bits per heavy atom. The second-order valence-electron chi connectivity index (χ2n) is 6.56. The molecule has 0 unspecified atom stereocenters. The summed E-state index contributed by atoms with van der Waals surface area (Å²) in [6.07, 6.45) is 5.35. The standard InChI is InChI=1S/C16H32O3Si/c1-9-11-12-15(18-13-17-6)14(10-2)19-20(7,8)16(3,4)5/h9-10,14-15H,1-2,11-13H2,3-8H3/t14-,15+/m0/s1. The summed E-state index contributed by atoms with van der Waals surface area (Å²) in [4.78, 5) is 0. The van der Waals surface area contributed by atoms with Gasteiger partial charge in [-0.1, -0.05) is 32.9 Å². The molecule has 0 aromatic heterocycles. The van der Waals surface area contributed by atoms with E-state index >= 15 is 0 Å². The van der Waals surface area contributed by atoms with E-state index in [9.17, 15) is 0 Å². The van der Waals surface area contributed by atoms with Crippen LogP contribution < -0.4 is 0 Å². The minimum absolute atomic E-state index is 0.0421. The van der Waals surface area contributed by atoms with Gasteiger partial charge in [0.15, 0.2) is 8.32 Å². The van der Waals surface area contributed by atoms with Gasteiger partial charge in [0.2, 0.25) is 0 Å². The largest absolute Gasteiger partial charge is 0.408 e. The van der Waals surface area contributed by atoms with Crippen LogP contribution in [0.5, 0.6) is 0 Å². The summed E-state index contributed by atoms with van der Waals surface area (Å²) in [5.41, 5.74) is 0. The predicted molar refractivity (Wildman–Crippen MR) is 88.4 cm³/mol. The topological polar surface area (TPSA) is 27.7 Å². The Balaban J connectivity index is 4.88. The summed E-state index contributed by atoms with van der Waals surface area (Å²) in [6, 6.07) is 0. The summed E-state index contributed by atoms with van der Waals surface area (Å²) in [6.45, 7) is 19.1. The molecule has 4 heteroatoms. The highest BCUT2D eigenvalue weighted by Gasteiger charge is 2.40. The lowest BCUT2D eigenvalue weighted by Crippen LogP contribution is -2.47. The van der Waals surface area contributed by atoms with Crippen LogP contribution in [0, 0.1) is 0 Å². The van der Waals surface area contributed by atoms with Crippen LogP contribution in [0.15, 0.2) is 25.3 Å². The smallest absolute Gasteiger partial charge is 0.193 e. The molecule has 0 rings (SSSR count). The van der Waals surface area contributed by atoms with E-state index in [2.05, 4.69) is 47.0 Å². The minimum atomic E-state index is -1.85. The van der Waals surface area contributed by atoms with Gasteiger partial charge in [0.1, 0.15) is 6.79 Å². The molecule has 20 heavy (non-hydrogen) atoms. The Bertz CT molecular complexity index is 295. The van der Waals surface area contributed by atoms with Gasteiger partial charge in [-0.3, -0.25) is 0 Å². The molecule has 3 nitrogen and oxygen atoms in total. The number of rotatable bonds is 10. The predicted octanol–water partition coefficient (Wildman–Crippen LogP) is 4.52. The first-order chi connectivity index (χ1) is 9.19. The first-order valence-corrected chi connectivity index (χ1v) is 10.1. The van der Waals surface area contributed by atoms with E-state index in [-0.39, 0.29) is 24.0 Å². The molecule has 0 radical (unpaired) electrons. The van der Waals surface area contributed by atoms with Gasteiger partial charge in [-0.2, -0.15) is 0 Å². The van der Waals surface area contributed by atoms with Gasteiger partial charge in [-0.05, 0) is 31.0 Å².